The molecule has 1 saturated heterocycles. The minimum Gasteiger partial charge on any atom is -0.444 e. The van der Waals surface area contributed by atoms with Crippen LogP contribution in [0.3, 0.4) is 0 Å². The third kappa shape index (κ3) is 3.26. The summed E-state index contributed by atoms with van der Waals surface area (Å²) in [5.41, 5.74) is -0.482. The maximum Gasteiger partial charge on any atom is 0.413 e. The quantitative estimate of drug-likeness (QED) is 0.526. The zero-order valence-corrected chi connectivity index (χ0v) is 10.5. The molecule has 0 aromatic rings. The third-order valence-corrected chi connectivity index (χ3v) is 2.61. The first-order valence-corrected chi connectivity index (χ1v) is 5.90. The number of carbonyl (C=O) groups excluding carboxylic acids is 1. The third-order valence-electron chi connectivity index (χ3n) is 2.61. The lowest BCUT2D eigenvalue weighted by Crippen LogP contribution is -2.54. The highest BCUT2D eigenvalue weighted by Crippen LogP contribution is 2.11. The van der Waals surface area contributed by atoms with Gasteiger partial charge in [0, 0.05) is 6.20 Å². The van der Waals surface area contributed by atoms with E-state index in [-0.39, 0.29) is 6.17 Å². The number of carbonyl (C=O) groups is 1. The number of fused-ring (bicyclic) bond motifs is 1. The maximum atomic E-state index is 11.6. The summed E-state index contributed by atoms with van der Waals surface area (Å²) in [6, 6.07) is 0.310. The molecule has 0 saturated carbocycles. The van der Waals surface area contributed by atoms with Crippen molar-refractivity contribution in [3.05, 3.63) is 12.0 Å². The molecule has 2 aliphatic rings. The Morgan fingerprint density at radius 2 is 2.29 bits per heavy atom. The van der Waals surface area contributed by atoms with Crippen LogP contribution in [-0.2, 0) is 4.74 Å². The Bertz CT molecular complexity index is 335. The zero-order valence-electron chi connectivity index (χ0n) is 10.5. The van der Waals surface area contributed by atoms with Gasteiger partial charge in [-0.25, -0.2) is 4.79 Å². The van der Waals surface area contributed by atoms with Crippen LogP contribution in [0.5, 0.6) is 0 Å². The largest absolute Gasteiger partial charge is 0.444 e. The topological polar surface area (TPSA) is 74.4 Å². The van der Waals surface area contributed by atoms with Gasteiger partial charge < -0.3 is 15.4 Å². The van der Waals surface area contributed by atoms with Crippen molar-refractivity contribution in [1.82, 2.24) is 21.3 Å². The first-order chi connectivity index (χ1) is 7.94. The summed E-state index contributed by atoms with van der Waals surface area (Å²) in [6.45, 7) is 6.49. The SMILES string of the molecule is CC(C)(C)OC(=O)NC1=CN[C@@H]2NCC[C@@H]2N1. The molecule has 2 aliphatic heterocycles. The molecule has 1 fully saturated rings. The van der Waals surface area contributed by atoms with Gasteiger partial charge in [0.1, 0.15) is 11.4 Å². The van der Waals surface area contributed by atoms with Gasteiger partial charge in [0.15, 0.2) is 0 Å². The second-order valence-electron chi connectivity index (χ2n) is 5.32. The van der Waals surface area contributed by atoms with Crippen molar-refractivity contribution < 1.29 is 9.53 Å². The number of rotatable bonds is 1. The highest BCUT2D eigenvalue weighted by Gasteiger charge is 2.30. The lowest BCUT2D eigenvalue weighted by molar-refractivity contribution is 0.0539. The summed E-state index contributed by atoms with van der Waals surface area (Å²) in [6.07, 6.45) is 2.59. The Balaban J connectivity index is 1.85. The highest BCUT2D eigenvalue weighted by atomic mass is 16.6. The molecule has 6 nitrogen and oxygen atoms in total. The molecule has 2 atom stereocenters. The summed E-state index contributed by atoms with van der Waals surface area (Å²) in [4.78, 5) is 11.6. The predicted octanol–water partition coefficient (Wildman–Crippen LogP) is 0.191. The summed E-state index contributed by atoms with van der Waals surface area (Å²) < 4.78 is 5.18. The van der Waals surface area contributed by atoms with Crippen LogP contribution < -0.4 is 21.3 Å². The van der Waals surface area contributed by atoms with Gasteiger partial charge >= 0.3 is 6.09 Å². The Labute approximate surface area is 101 Å². The first-order valence-electron chi connectivity index (χ1n) is 5.90. The number of alkyl carbamates (subject to hydrolysis) is 1. The van der Waals surface area contributed by atoms with Gasteiger partial charge in [-0.15, -0.1) is 0 Å². The first kappa shape index (κ1) is 12.0. The Morgan fingerprint density at radius 1 is 1.53 bits per heavy atom. The minimum absolute atomic E-state index is 0.249. The molecule has 0 radical (unpaired) electrons. The van der Waals surface area contributed by atoms with Gasteiger partial charge in [-0.3, -0.25) is 10.6 Å². The van der Waals surface area contributed by atoms with Crippen molar-refractivity contribution in [2.24, 2.45) is 0 Å². The number of amides is 1. The van der Waals surface area contributed by atoms with Crippen LogP contribution in [0.2, 0.25) is 0 Å². The van der Waals surface area contributed by atoms with E-state index < -0.39 is 11.7 Å². The van der Waals surface area contributed by atoms with Crippen molar-refractivity contribution >= 4 is 6.09 Å². The fourth-order valence-corrected chi connectivity index (χ4v) is 1.93. The summed E-state index contributed by atoms with van der Waals surface area (Å²) in [5, 5.41) is 12.4. The molecule has 0 bridgehead atoms. The van der Waals surface area contributed by atoms with E-state index in [1.165, 1.54) is 0 Å². The van der Waals surface area contributed by atoms with E-state index in [1.807, 2.05) is 20.8 Å². The Hall–Kier alpha value is -1.43. The lowest BCUT2D eigenvalue weighted by Gasteiger charge is -2.29. The van der Waals surface area contributed by atoms with E-state index in [0.717, 1.165) is 13.0 Å². The molecular weight excluding hydrogens is 220 g/mol. The Kier molecular flexibility index (Phi) is 3.15. The molecule has 2 heterocycles. The van der Waals surface area contributed by atoms with Crippen LogP contribution in [0.15, 0.2) is 12.0 Å². The van der Waals surface area contributed by atoms with E-state index >= 15 is 0 Å². The second kappa shape index (κ2) is 4.44. The van der Waals surface area contributed by atoms with Gasteiger partial charge in [0.2, 0.25) is 0 Å². The van der Waals surface area contributed by atoms with Crippen LogP contribution in [-0.4, -0.2) is 30.4 Å². The summed E-state index contributed by atoms with van der Waals surface area (Å²) in [5.74, 6) is 0.657. The second-order valence-corrected chi connectivity index (χ2v) is 5.32. The molecule has 6 heteroatoms. The number of ether oxygens (including phenoxy) is 1. The van der Waals surface area contributed by atoms with Crippen LogP contribution in [0.4, 0.5) is 4.79 Å². The van der Waals surface area contributed by atoms with Crippen molar-refractivity contribution in [1.29, 1.82) is 0 Å². The molecule has 17 heavy (non-hydrogen) atoms. The molecule has 0 aromatic heterocycles. The predicted molar refractivity (Wildman–Crippen MR) is 63.9 cm³/mol. The van der Waals surface area contributed by atoms with Gasteiger partial charge in [-0.05, 0) is 33.7 Å². The molecule has 0 unspecified atom stereocenters. The van der Waals surface area contributed by atoms with Gasteiger partial charge in [-0.1, -0.05) is 0 Å². The fraction of sp³-hybridized carbons (Fsp3) is 0.727. The van der Waals surface area contributed by atoms with Crippen molar-refractivity contribution in [2.45, 2.75) is 45.0 Å². The van der Waals surface area contributed by atoms with E-state index in [9.17, 15) is 4.79 Å². The maximum absolute atomic E-state index is 11.6. The highest BCUT2D eigenvalue weighted by molar-refractivity contribution is 5.69. The molecule has 1 amide bonds. The van der Waals surface area contributed by atoms with E-state index in [2.05, 4.69) is 21.3 Å². The average Bonchev–Trinajstić information content (AvgIpc) is 2.61. The van der Waals surface area contributed by atoms with Gasteiger partial charge in [0.05, 0.1) is 12.2 Å². The fourth-order valence-electron chi connectivity index (χ4n) is 1.93. The van der Waals surface area contributed by atoms with Crippen LogP contribution in [0.25, 0.3) is 0 Å². The smallest absolute Gasteiger partial charge is 0.413 e. The molecule has 96 valence electrons. The molecule has 0 spiro atoms. The number of hydrogen-bond acceptors (Lipinski definition) is 5. The molecule has 0 aliphatic carbocycles. The van der Waals surface area contributed by atoms with Gasteiger partial charge in [0.25, 0.3) is 0 Å². The number of hydrogen-bond donors (Lipinski definition) is 4. The Morgan fingerprint density at radius 3 is 3.00 bits per heavy atom. The zero-order chi connectivity index (χ0) is 12.5. The molecule has 0 aromatic carbocycles. The summed E-state index contributed by atoms with van der Waals surface area (Å²) in [7, 11) is 0. The average molecular weight is 240 g/mol. The molecule has 4 N–H and O–H groups in total. The van der Waals surface area contributed by atoms with Crippen LogP contribution >= 0.6 is 0 Å². The standard InChI is InChI=1S/C11H20N4O2/c1-11(2,3)17-10(16)15-8-6-13-9-7(14-8)4-5-12-9/h6-7,9,12-14H,4-5H2,1-3H3,(H,15,16)/t7-,9-/m0/s1. The number of nitrogens with one attached hydrogen (secondary N) is 4. The lowest BCUT2D eigenvalue weighted by atomic mass is 10.2. The van der Waals surface area contributed by atoms with E-state index in [1.54, 1.807) is 6.20 Å². The normalized spacial score (nSPS) is 27.4. The van der Waals surface area contributed by atoms with Crippen molar-refractivity contribution in [3.63, 3.8) is 0 Å². The van der Waals surface area contributed by atoms with Crippen LogP contribution in [0, 0.1) is 0 Å². The van der Waals surface area contributed by atoms with E-state index in [4.69, 9.17) is 4.74 Å². The van der Waals surface area contributed by atoms with Crippen LogP contribution in [0.1, 0.15) is 27.2 Å². The molecular formula is C11H20N4O2. The van der Waals surface area contributed by atoms with E-state index in [0.29, 0.717) is 11.9 Å². The van der Waals surface area contributed by atoms with Crippen molar-refractivity contribution in [3.8, 4) is 0 Å². The summed E-state index contributed by atoms with van der Waals surface area (Å²) >= 11 is 0. The molecule has 2 rings (SSSR count). The monoisotopic (exact) mass is 240 g/mol. The van der Waals surface area contributed by atoms with Gasteiger partial charge in [-0.2, -0.15) is 0 Å². The minimum atomic E-state index is -0.482. The van der Waals surface area contributed by atoms with Crippen molar-refractivity contribution in [2.75, 3.05) is 6.54 Å².